The topological polar surface area (TPSA) is 110 Å². The number of nitrogens with one attached hydrogen (secondary N) is 1. The molecule has 2 aromatic rings. The summed E-state index contributed by atoms with van der Waals surface area (Å²) in [4.78, 5) is 12.2. The number of hydrogen-bond donors (Lipinski definition) is 1. The van der Waals surface area contributed by atoms with Gasteiger partial charge in [0.2, 0.25) is 10.0 Å². The maximum Gasteiger partial charge on any atom is 0.345 e. The summed E-state index contributed by atoms with van der Waals surface area (Å²) in [5.74, 6) is 0.810. The molecular weight excluding hydrogens is 342 g/mol. The van der Waals surface area contributed by atoms with Crippen LogP contribution in [0.15, 0.2) is 34.0 Å². The van der Waals surface area contributed by atoms with Crippen molar-refractivity contribution >= 4 is 10.0 Å². The maximum absolute atomic E-state index is 12.2. The second kappa shape index (κ2) is 7.21. The highest BCUT2D eigenvalue weighted by atomic mass is 32.2. The zero-order valence-corrected chi connectivity index (χ0v) is 14.5. The SMILES string of the molecule is N#Cc1cccc(S(=O)(=O)NCCCn2nc3n(c2=O)CCCC3)c1. The maximum atomic E-state index is 12.2. The van der Waals surface area contributed by atoms with E-state index in [0.29, 0.717) is 19.5 Å². The molecule has 0 atom stereocenters. The molecule has 2 heterocycles. The zero-order chi connectivity index (χ0) is 17.9. The van der Waals surface area contributed by atoms with Crippen molar-refractivity contribution in [3.8, 4) is 6.07 Å². The summed E-state index contributed by atoms with van der Waals surface area (Å²) in [6.07, 6.45) is 3.29. The molecule has 25 heavy (non-hydrogen) atoms. The minimum atomic E-state index is -3.67. The molecule has 0 spiro atoms. The molecule has 1 aromatic heterocycles. The van der Waals surface area contributed by atoms with Gasteiger partial charge in [0.05, 0.1) is 16.5 Å². The first-order valence-corrected chi connectivity index (χ1v) is 9.66. The molecule has 8 nitrogen and oxygen atoms in total. The van der Waals surface area contributed by atoms with Gasteiger partial charge in [0.1, 0.15) is 5.82 Å². The number of aryl methyl sites for hydroxylation is 2. The van der Waals surface area contributed by atoms with Gasteiger partial charge in [0.25, 0.3) is 0 Å². The normalized spacial score (nSPS) is 14.0. The molecule has 0 amide bonds. The molecule has 3 rings (SSSR count). The Balaban J connectivity index is 1.59. The second-order valence-electron chi connectivity index (χ2n) is 5.92. The van der Waals surface area contributed by atoms with Crippen LogP contribution in [0, 0.1) is 11.3 Å². The highest BCUT2D eigenvalue weighted by molar-refractivity contribution is 7.89. The zero-order valence-electron chi connectivity index (χ0n) is 13.7. The van der Waals surface area contributed by atoms with Gasteiger partial charge < -0.3 is 0 Å². The fourth-order valence-corrected chi connectivity index (χ4v) is 3.97. The smallest absolute Gasteiger partial charge is 0.279 e. The molecule has 9 heteroatoms. The largest absolute Gasteiger partial charge is 0.345 e. The van der Waals surface area contributed by atoms with Crippen LogP contribution in [0.25, 0.3) is 0 Å². The molecule has 0 bridgehead atoms. The molecule has 0 saturated carbocycles. The average Bonchev–Trinajstić information content (AvgIpc) is 2.95. The quantitative estimate of drug-likeness (QED) is 0.759. The Morgan fingerprint density at radius 1 is 1.32 bits per heavy atom. The van der Waals surface area contributed by atoms with Crippen molar-refractivity contribution in [1.29, 1.82) is 5.26 Å². The summed E-state index contributed by atoms with van der Waals surface area (Å²) in [6, 6.07) is 7.77. The predicted octanol–water partition coefficient (Wildman–Crippen LogP) is 0.621. The third-order valence-electron chi connectivity index (χ3n) is 4.14. The van der Waals surface area contributed by atoms with E-state index in [1.807, 2.05) is 6.07 Å². The molecule has 1 aliphatic rings. The van der Waals surface area contributed by atoms with Gasteiger partial charge in [-0.1, -0.05) is 6.07 Å². The lowest BCUT2D eigenvalue weighted by atomic mass is 10.2. The first-order valence-electron chi connectivity index (χ1n) is 8.17. The van der Waals surface area contributed by atoms with Crippen LogP contribution < -0.4 is 10.4 Å². The fourth-order valence-electron chi connectivity index (χ4n) is 2.85. The van der Waals surface area contributed by atoms with E-state index in [9.17, 15) is 13.2 Å². The van der Waals surface area contributed by atoms with Crippen LogP contribution in [-0.2, 0) is 29.5 Å². The summed E-state index contributed by atoms with van der Waals surface area (Å²) in [5, 5.41) is 13.2. The van der Waals surface area contributed by atoms with Crippen molar-refractivity contribution in [3.05, 3.63) is 46.1 Å². The van der Waals surface area contributed by atoms with E-state index in [1.54, 1.807) is 10.6 Å². The van der Waals surface area contributed by atoms with Gasteiger partial charge in [-0.15, -0.1) is 0 Å². The summed E-state index contributed by atoms with van der Waals surface area (Å²) < 4.78 is 30.1. The van der Waals surface area contributed by atoms with Crippen LogP contribution in [0.3, 0.4) is 0 Å². The third-order valence-corrected chi connectivity index (χ3v) is 5.60. The Hall–Kier alpha value is -2.44. The van der Waals surface area contributed by atoms with E-state index in [4.69, 9.17) is 5.26 Å². The molecule has 0 radical (unpaired) electrons. The monoisotopic (exact) mass is 361 g/mol. The Labute approximate surface area is 145 Å². The van der Waals surface area contributed by atoms with Gasteiger partial charge in [0, 0.05) is 26.1 Å². The fraction of sp³-hybridized carbons (Fsp3) is 0.438. The lowest BCUT2D eigenvalue weighted by Crippen LogP contribution is -2.29. The van der Waals surface area contributed by atoms with Gasteiger partial charge >= 0.3 is 5.69 Å². The summed E-state index contributed by atoms with van der Waals surface area (Å²) in [7, 11) is -3.67. The molecule has 0 unspecified atom stereocenters. The van der Waals surface area contributed by atoms with Gasteiger partial charge in [-0.2, -0.15) is 10.4 Å². The van der Waals surface area contributed by atoms with E-state index < -0.39 is 10.0 Å². The number of hydrogen-bond acceptors (Lipinski definition) is 5. The van der Waals surface area contributed by atoms with Crippen LogP contribution in [0.5, 0.6) is 0 Å². The Morgan fingerprint density at radius 2 is 2.16 bits per heavy atom. The van der Waals surface area contributed by atoms with Crippen LogP contribution in [0.1, 0.15) is 30.7 Å². The Morgan fingerprint density at radius 3 is 2.92 bits per heavy atom. The Kier molecular flexibility index (Phi) is 5.01. The van der Waals surface area contributed by atoms with E-state index in [1.165, 1.54) is 22.9 Å². The molecule has 0 aliphatic carbocycles. The minimum absolute atomic E-state index is 0.0566. The van der Waals surface area contributed by atoms with Crippen LogP contribution in [0.2, 0.25) is 0 Å². The van der Waals surface area contributed by atoms with Crippen LogP contribution in [-0.4, -0.2) is 29.3 Å². The lowest BCUT2D eigenvalue weighted by molar-refractivity contribution is 0.508. The number of nitriles is 1. The molecule has 0 saturated heterocycles. The Bertz CT molecular complexity index is 968. The summed E-state index contributed by atoms with van der Waals surface area (Å²) in [5.41, 5.74) is 0.164. The van der Waals surface area contributed by atoms with Crippen molar-refractivity contribution in [2.75, 3.05) is 6.54 Å². The number of benzene rings is 1. The summed E-state index contributed by atoms with van der Waals surface area (Å²) in [6.45, 7) is 1.25. The van der Waals surface area contributed by atoms with Gasteiger partial charge in [-0.05, 0) is 37.5 Å². The standard InChI is InChI=1S/C16H19N5O3S/c17-12-13-5-3-6-14(11-13)25(23,24)18-8-4-10-21-16(22)20-9-2-1-7-15(20)19-21/h3,5-6,11,18H,1-2,4,7-10H2. The summed E-state index contributed by atoms with van der Waals surface area (Å²) >= 11 is 0. The molecular formula is C16H19N5O3S. The van der Waals surface area contributed by atoms with E-state index in [0.717, 1.165) is 25.1 Å². The van der Waals surface area contributed by atoms with Crippen molar-refractivity contribution in [2.45, 2.75) is 43.7 Å². The molecule has 132 valence electrons. The van der Waals surface area contributed by atoms with Gasteiger partial charge in [0.15, 0.2) is 0 Å². The van der Waals surface area contributed by atoms with Crippen molar-refractivity contribution in [1.82, 2.24) is 19.1 Å². The molecule has 0 fully saturated rings. The van der Waals surface area contributed by atoms with Crippen LogP contribution in [0.4, 0.5) is 0 Å². The van der Waals surface area contributed by atoms with Gasteiger partial charge in [-0.3, -0.25) is 4.57 Å². The predicted molar refractivity (Wildman–Crippen MR) is 90.4 cm³/mol. The number of rotatable bonds is 6. The van der Waals surface area contributed by atoms with Crippen LogP contribution >= 0.6 is 0 Å². The molecule has 1 aliphatic heterocycles. The van der Waals surface area contributed by atoms with E-state index >= 15 is 0 Å². The van der Waals surface area contributed by atoms with Crippen molar-refractivity contribution < 1.29 is 8.42 Å². The highest BCUT2D eigenvalue weighted by Crippen LogP contribution is 2.11. The van der Waals surface area contributed by atoms with E-state index in [-0.39, 0.29) is 22.7 Å². The van der Waals surface area contributed by atoms with E-state index in [2.05, 4.69) is 9.82 Å². The number of aromatic nitrogens is 3. The highest BCUT2D eigenvalue weighted by Gasteiger charge is 2.17. The number of nitrogens with zero attached hydrogens (tertiary/aromatic N) is 4. The minimum Gasteiger partial charge on any atom is -0.279 e. The van der Waals surface area contributed by atoms with Crippen molar-refractivity contribution in [3.63, 3.8) is 0 Å². The first kappa shape index (κ1) is 17.4. The average molecular weight is 361 g/mol. The first-order chi connectivity index (χ1) is 12.0. The molecule has 1 aromatic carbocycles. The third kappa shape index (κ3) is 3.81. The second-order valence-corrected chi connectivity index (χ2v) is 7.69. The number of fused-ring (bicyclic) bond motifs is 1. The number of sulfonamides is 1. The lowest BCUT2D eigenvalue weighted by Gasteiger charge is -2.09. The van der Waals surface area contributed by atoms with Crippen molar-refractivity contribution in [2.24, 2.45) is 0 Å². The van der Waals surface area contributed by atoms with Gasteiger partial charge in [-0.25, -0.2) is 22.6 Å². The molecule has 1 N–H and O–H groups in total.